The van der Waals surface area contributed by atoms with E-state index in [-0.39, 0.29) is 11.9 Å². The third kappa shape index (κ3) is 2.50. The van der Waals surface area contributed by atoms with Crippen molar-refractivity contribution in [3.05, 3.63) is 58.7 Å². The Labute approximate surface area is 141 Å². The van der Waals surface area contributed by atoms with Gasteiger partial charge in [-0.2, -0.15) is 0 Å². The van der Waals surface area contributed by atoms with Crippen LogP contribution in [0, 0.1) is 0 Å². The lowest BCUT2D eigenvalue weighted by molar-refractivity contribution is 0.0728. The number of carbonyl (C=O) groups excluding carboxylic acids is 1. The molecule has 1 aliphatic rings. The van der Waals surface area contributed by atoms with E-state index in [1.54, 1.807) is 18.5 Å². The summed E-state index contributed by atoms with van der Waals surface area (Å²) in [5.74, 6) is 0.795. The van der Waals surface area contributed by atoms with Gasteiger partial charge < -0.3 is 4.90 Å². The molecule has 0 aliphatic carbocycles. The van der Waals surface area contributed by atoms with Crippen LogP contribution in [0.2, 0.25) is 0 Å². The largest absolute Gasteiger partial charge is 0.328 e. The Morgan fingerprint density at radius 2 is 2.17 bits per heavy atom. The number of fused-ring (bicyclic) bond motifs is 1. The molecule has 116 valence electrons. The van der Waals surface area contributed by atoms with E-state index in [0.717, 1.165) is 35.3 Å². The summed E-state index contributed by atoms with van der Waals surface area (Å²) in [5, 5.41) is 8.51. The van der Waals surface area contributed by atoms with Crippen LogP contribution in [0.15, 0.2) is 47.3 Å². The van der Waals surface area contributed by atoms with Gasteiger partial charge in [0.2, 0.25) is 0 Å². The van der Waals surface area contributed by atoms with Gasteiger partial charge in [-0.1, -0.05) is 6.07 Å². The van der Waals surface area contributed by atoms with Gasteiger partial charge in [-0.05, 0) is 47.0 Å². The third-order valence-corrected chi connectivity index (χ3v) is 4.54. The number of rotatable bonds is 2. The summed E-state index contributed by atoms with van der Waals surface area (Å²) in [6.07, 6.45) is 7.06. The van der Waals surface area contributed by atoms with Crippen LogP contribution >= 0.6 is 15.9 Å². The molecular weight excluding hydrogens is 358 g/mol. The molecule has 0 spiro atoms. The second-order valence-electron chi connectivity index (χ2n) is 5.54. The molecule has 6 nitrogen and oxygen atoms in total. The van der Waals surface area contributed by atoms with E-state index in [1.807, 2.05) is 33.7 Å². The fourth-order valence-corrected chi connectivity index (χ4v) is 3.42. The summed E-state index contributed by atoms with van der Waals surface area (Å²) in [5.41, 5.74) is 1.38. The third-order valence-electron chi connectivity index (χ3n) is 4.10. The van der Waals surface area contributed by atoms with Crippen molar-refractivity contribution in [3.8, 4) is 0 Å². The number of nitrogens with zero attached hydrogens (tertiary/aromatic N) is 5. The maximum Gasteiger partial charge on any atom is 0.256 e. The Hall–Kier alpha value is -2.28. The van der Waals surface area contributed by atoms with Crippen molar-refractivity contribution < 1.29 is 4.79 Å². The molecule has 4 rings (SSSR count). The van der Waals surface area contributed by atoms with Crippen molar-refractivity contribution in [2.75, 3.05) is 6.54 Å². The summed E-state index contributed by atoms with van der Waals surface area (Å²) in [4.78, 5) is 18.8. The second kappa shape index (κ2) is 5.73. The van der Waals surface area contributed by atoms with Crippen molar-refractivity contribution in [2.24, 2.45) is 0 Å². The number of likely N-dealkylation sites (tertiary alicyclic amines) is 1. The van der Waals surface area contributed by atoms with E-state index in [1.165, 1.54) is 0 Å². The highest BCUT2D eigenvalue weighted by molar-refractivity contribution is 9.10. The number of aromatic nitrogens is 4. The summed E-state index contributed by atoms with van der Waals surface area (Å²) in [6, 6.07) is 7.53. The van der Waals surface area contributed by atoms with E-state index in [4.69, 9.17) is 0 Å². The van der Waals surface area contributed by atoms with Crippen molar-refractivity contribution in [3.63, 3.8) is 0 Å². The first-order valence-electron chi connectivity index (χ1n) is 7.45. The van der Waals surface area contributed by atoms with E-state index >= 15 is 0 Å². The fourth-order valence-electron chi connectivity index (χ4n) is 3.06. The van der Waals surface area contributed by atoms with Crippen molar-refractivity contribution in [1.82, 2.24) is 24.5 Å². The summed E-state index contributed by atoms with van der Waals surface area (Å²) >= 11 is 3.37. The van der Waals surface area contributed by atoms with E-state index < -0.39 is 0 Å². The molecule has 1 aliphatic heterocycles. The van der Waals surface area contributed by atoms with Crippen LogP contribution in [0.5, 0.6) is 0 Å². The van der Waals surface area contributed by atoms with Crippen molar-refractivity contribution in [1.29, 1.82) is 0 Å². The van der Waals surface area contributed by atoms with Gasteiger partial charge in [0.25, 0.3) is 5.91 Å². The molecule has 0 saturated carbocycles. The van der Waals surface area contributed by atoms with Gasteiger partial charge in [-0.15, -0.1) is 10.2 Å². The average molecular weight is 372 g/mol. The smallest absolute Gasteiger partial charge is 0.256 e. The summed E-state index contributed by atoms with van der Waals surface area (Å²) in [6.45, 7) is 0.720. The molecule has 3 aromatic rings. The molecule has 1 saturated heterocycles. The lowest BCUT2D eigenvalue weighted by Gasteiger charge is -2.23. The highest BCUT2D eigenvalue weighted by Crippen LogP contribution is 2.32. The first-order chi connectivity index (χ1) is 11.2. The van der Waals surface area contributed by atoms with Crippen LogP contribution in [0.4, 0.5) is 0 Å². The van der Waals surface area contributed by atoms with E-state index in [9.17, 15) is 4.79 Å². The van der Waals surface area contributed by atoms with Crippen LogP contribution in [-0.4, -0.2) is 36.9 Å². The Bertz CT molecular complexity index is 878. The zero-order valence-corrected chi connectivity index (χ0v) is 13.8. The molecule has 0 aromatic carbocycles. The zero-order chi connectivity index (χ0) is 15.8. The van der Waals surface area contributed by atoms with Crippen LogP contribution in [0.3, 0.4) is 0 Å². The predicted octanol–water partition coefficient (Wildman–Crippen LogP) is 2.86. The van der Waals surface area contributed by atoms with Gasteiger partial charge in [0.05, 0.1) is 11.6 Å². The first kappa shape index (κ1) is 14.3. The zero-order valence-electron chi connectivity index (χ0n) is 12.3. The van der Waals surface area contributed by atoms with E-state index in [0.29, 0.717) is 5.56 Å². The number of hydrogen-bond donors (Lipinski definition) is 0. The molecule has 1 atom stereocenters. The molecule has 1 amide bonds. The summed E-state index contributed by atoms with van der Waals surface area (Å²) < 4.78 is 2.75. The molecular formula is C16H14BrN5O. The summed E-state index contributed by atoms with van der Waals surface area (Å²) in [7, 11) is 0. The number of amides is 1. The minimum Gasteiger partial charge on any atom is -0.328 e. The van der Waals surface area contributed by atoms with Crippen LogP contribution in [0.1, 0.15) is 35.1 Å². The molecule has 0 bridgehead atoms. The van der Waals surface area contributed by atoms with Gasteiger partial charge in [0, 0.05) is 29.6 Å². The van der Waals surface area contributed by atoms with E-state index in [2.05, 4.69) is 31.1 Å². The Kier molecular flexibility index (Phi) is 3.57. The number of hydrogen-bond acceptors (Lipinski definition) is 4. The quantitative estimate of drug-likeness (QED) is 0.694. The maximum atomic E-state index is 12.8. The second-order valence-corrected chi connectivity index (χ2v) is 6.45. The normalized spacial score (nSPS) is 17.8. The van der Waals surface area contributed by atoms with Crippen LogP contribution in [0.25, 0.3) is 5.65 Å². The van der Waals surface area contributed by atoms with Crippen molar-refractivity contribution >= 4 is 27.5 Å². The number of halogens is 1. The van der Waals surface area contributed by atoms with Gasteiger partial charge in [-0.3, -0.25) is 14.2 Å². The first-order valence-corrected chi connectivity index (χ1v) is 8.24. The van der Waals surface area contributed by atoms with Gasteiger partial charge in [-0.25, -0.2) is 0 Å². The van der Waals surface area contributed by atoms with Gasteiger partial charge in [0.15, 0.2) is 11.5 Å². The molecule has 4 heterocycles. The molecule has 1 fully saturated rings. The molecule has 7 heteroatoms. The maximum absolute atomic E-state index is 12.8. The van der Waals surface area contributed by atoms with Crippen LogP contribution < -0.4 is 0 Å². The fraction of sp³-hybridized carbons (Fsp3) is 0.250. The Balaban J connectivity index is 1.70. The highest BCUT2D eigenvalue weighted by Gasteiger charge is 2.33. The Morgan fingerprint density at radius 3 is 3.04 bits per heavy atom. The minimum atomic E-state index is -0.0566. The standard InChI is InChI=1S/C16H14BrN5O/c17-12-8-11(9-18-10-12)16(23)21-7-3-4-13(21)15-20-19-14-5-1-2-6-22(14)15/h1-2,5-6,8-10,13H,3-4,7H2. The minimum absolute atomic E-state index is 0.0195. The topological polar surface area (TPSA) is 63.4 Å². The molecule has 0 radical (unpaired) electrons. The van der Waals surface area contributed by atoms with Gasteiger partial charge in [0.1, 0.15) is 0 Å². The predicted molar refractivity (Wildman–Crippen MR) is 87.9 cm³/mol. The van der Waals surface area contributed by atoms with Gasteiger partial charge >= 0.3 is 0 Å². The molecule has 3 aromatic heterocycles. The Morgan fingerprint density at radius 1 is 1.26 bits per heavy atom. The molecule has 23 heavy (non-hydrogen) atoms. The van der Waals surface area contributed by atoms with Crippen LogP contribution in [-0.2, 0) is 0 Å². The SMILES string of the molecule is O=C(c1cncc(Br)c1)N1CCCC1c1nnc2ccccn12. The number of carbonyl (C=O) groups is 1. The lowest BCUT2D eigenvalue weighted by Crippen LogP contribution is -2.31. The number of pyridine rings is 2. The monoisotopic (exact) mass is 371 g/mol. The average Bonchev–Trinajstić information content (AvgIpc) is 3.20. The molecule has 0 N–H and O–H groups in total. The molecule has 1 unspecified atom stereocenters. The lowest BCUT2D eigenvalue weighted by atomic mass is 10.2. The highest BCUT2D eigenvalue weighted by atomic mass is 79.9. The van der Waals surface area contributed by atoms with Crippen molar-refractivity contribution in [2.45, 2.75) is 18.9 Å².